The minimum Gasteiger partial charge on any atom is -0.390 e. The van der Waals surface area contributed by atoms with Gasteiger partial charge in [0.05, 0.1) is 22.7 Å². The number of benzene rings is 1. The van der Waals surface area contributed by atoms with Gasteiger partial charge in [-0.25, -0.2) is 8.42 Å². The molecule has 2 fully saturated rings. The summed E-state index contributed by atoms with van der Waals surface area (Å²) >= 11 is 0. The standard InChI is InChI=1S/C17H22N2O4S/c1-17(20)8-10-23-12-14(17)15-6-4-9-19(15)24(21,22)16-7-3-2-5-13(16)11-18/h2-3,5,7,14-15,20H,4,6,8-10,12H2,1H3. The van der Waals surface area contributed by atoms with Crippen LogP contribution >= 0.6 is 0 Å². The molecule has 6 nitrogen and oxygen atoms in total. The molecule has 24 heavy (non-hydrogen) atoms. The van der Waals surface area contributed by atoms with Crippen LogP contribution in [0.4, 0.5) is 0 Å². The third kappa shape index (κ3) is 2.95. The molecule has 2 aliphatic heterocycles. The zero-order valence-electron chi connectivity index (χ0n) is 13.7. The van der Waals surface area contributed by atoms with E-state index in [9.17, 15) is 18.8 Å². The van der Waals surface area contributed by atoms with E-state index in [4.69, 9.17) is 4.74 Å². The lowest BCUT2D eigenvalue weighted by molar-refractivity contribution is -0.116. The second-order valence-electron chi connectivity index (χ2n) is 6.72. The Labute approximate surface area is 142 Å². The number of nitriles is 1. The first kappa shape index (κ1) is 17.4. The molecular formula is C17H22N2O4S. The van der Waals surface area contributed by atoms with Crippen molar-refractivity contribution in [3.8, 4) is 6.07 Å². The second-order valence-corrected chi connectivity index (χ2v) is 8.58. The largest absolute Gasteiger partial charge is 0.390 e. The Morgan fingerprint density at radius 2 is 2.17 bits per heavy atom. The number of hydrogen-bond acceptors (Lipinski definition) is 5. The summed E-state index contributed by atoms with van der Waals surface area (Å²) in [6.07, 6.45) is 1.93. The van der Waals surface area contributed by atoms with E-state index in [0.29, 0.717) is 32.6 Å². The van der Waals surface area contributed by atoms with Crippen LogP contribution < -0.4 is 0 Å². The summed E-state index contributed by atoms with van der Waals surface area (Å²) in [7, 11) is -3.79. The summed E-state index contributed by atoms with van der Waals surface area (Å²) < 4.78 is 33.2. The fraction of sp³-hybridized carbons (Fsp3) is 0.588. The van der Waals surface area contributed by atoms with Gasteiger partial charge in [0.25, 0.3) is 0 Å². The van der Waals surface area contributed by atoms with Gasteiger partial charge < -0.3 is 9.84 Å². The lowest BCUT2D eigenvalue weighted by Crippen LogP contribution is -2.53. The van der Waals surface area contributed by atoms with E-state index in [1.54, 1.807) is 19.1 Å². The van der Waals surface area contributed by atoms with Gasteiger partial charge in [-0.15, -0.1) is 0 Å². The summed E-state index contributed by atoms with van der Waals surface area (Å²) in [5, 5.41) is 19.9. The Kier molecular flexibility index (Phi) is 4.67. The number of sulfonamides is 1. The molecule has 7 heteroatoms. The maximum atomic E-state index is 13.1. The molecule has 1 N–H and O–H groups in total. The number of nitrogens with zero attached hydrogens (tertiary/aromatic N) is 2. The first-order valence-electron chi connectivity index (χ1n) is 8.19. The highest BCUT2D eigenvalue weighted by molar-refractivity contribution is 7.89. The first-order chi connectivity index (χ1) is 11.4. The van der Waals surface area contributed by atoms with E-state index >= 15 is 0 Å². The average molecular weight is 350 g/mol. The minimum absolute atomic E-state index is 0.0378. The Morgan fingerprint density at radius 3 is 2.88 bits per heavy atom. The minimum atomic E-state index is -3.79. The zero-order chi connectivity index (χ0) is 17.4. The zero-order valence-corrected chi connectivity index (χ0v) is 14.5. The Hall–Kier alpha value is -1.46. The summed E-state index contributed by atoms with van der Waals surface area (Å²) in [6, 6.07) is 7.91. The monoisotopic (exact) mass is 350 g/mol. The predicted molar refractivity (Wildman–Crippen MR) is 87.6 cm³/mol. The summed E-state index contributed by atoms with van der Waals surface area (Å²) in [5.41, 5.74) is -0.801. The van der Waals surface area contributed by atoms with Gasteiger partial charge in [-0.3, -0.25) is 0 Å². The van der Waals surface area contributed by atoms with E-state index in [0.717, 1.165) is 6.42 Å². The van der Waals surface area contributed by atoms with Crippen LogP contribution in [0.1, 0.15) is 31.7 Å². The van der Waals surface area contributed by atoms with Crippen molar-refractivity contribution in [2.45, 2.75) is 42.7 Å². The molecule has 2 heterocycles. The fourth-order valence-electron chi connectivity index (χ4n) is 3.76. The third-order valence-corrected chi connectivity index (χ3v) is 7.14. The highest BCUT2D eigenvalue weighted by Crippen LogP contribution is 2.38. The van der Waals surface area contributed by atoms with Crippen LogP contribution in [0.25, 0.3) is 0 Å². The summed E-state index contributed by atoms with van der Waals surface area (Å²) in [6.45, 7) is 3.00. The lowest BCUT2D eigenvalue weighted by Gasteiger charge is -2.42. The third-order valence-electron chi connectivity index (χ3n) is 5.16. The number of ether oxygens (including phenoxy) is 1. The van der Waals surface area contributed by atoms with Crippen LogP contribution in [0.5, 0.6) is 0 Å². The molecule has 3 rings (SSSR count). The van der Waals surface area contributed by atoms with Gasteiger partial charge in [-0.05, 0) is 38.3 Å². The van der Waals surface area contributed by atoms with Crippen molar-refractivity contribution >= 4 is 10.0 Å². The van der Waals surface area contributed by atoms with Gasteiger partial charge in [0.1, 0.15) is 6.07 Å². The summed E-state index contributed by atoms with van der Waals surface area (Å²) in [5.74, 6) is -0.266. The van der Waals surface area contributed by atoms with Gasteiger partial charge in [0.15, 0.2) is 0 Å². The fourth-order valence-corrected chi connectivity index (χ4v) is 5.63. The molecule has 3 atom stereocenters. The SMILES string of the molecule is CC1(O)CCOCC1C1CCCN1S(=O)(=O)c1ccccc1C#N. The molecule has 1 aromatic rings. The van der Waals surface area contributed by atoms with E-state index < -0.39 is 15.6 Å². The van der Waals surface area contributed by atoms with E-state index in [1.807, 2.05) is 6.07 Å². The smallest absolute Gasteiger partial charge is 0.244 e. The highest BCUT2D eigenvalue weighted by atomic mass is 32.2. The van der Waals surface area contributed by atoms with Crippen molar-refractivity contribution in [2.75, 3.05) is 19.8 Å². The Balaban J connectivity index is 1.97. The topological polar surface area (TPSA) is 90.6 Å². The van der Waals surface area contributed by atoms with Crippen LogP contribution in [0, 0.1) is 17.2 Å². The molecule has 130 valence electrons. The molecule has 1 aromatic carbocycles. The molecule has 0 spiro atoms. The highest BCUT2D eigenvalue weighted by Gasteiger charge is 2.47. The van der Waals surface area contributed by atoms with E-state index in [1.165, 1.54) is 16.4 Å². The van der Waals surface area contributed by atoms with E-state index in [-0.39, 0.29) is 22.4 Å². The van der Waals surface area contributed by atoms with Gasteiger partial charge in [-0.2, -0.15) is 9.57 Å². The normalized spacial score (nSPS) is 31.7. The lowest BCUT2D eigenvalue weighted by atomic mass is 9.80. The molecule has 0 aliphatic carbocycles. The van der Waals surface area contributed by atoms with Crippen LogP contribution in [0.15, 0.2) is 29.2 Å². The van der Waals surface area contributed by atoms with Gasteiger partial charge in [0, 0.05) is 25.1 Å². The maximum Gasteiger partial charge on any atom is 0.244 e. The Bertz CT molecular complexity index is 754. The van der Waals surface area contributed by atoms with Crippen molar-refractivity contribution in [1.29, 1.82) is 5.26 Å². The molecular weight excluding hydrogens is 328 g/mol. The van der Waals surface area contributed by atoms with Crippen LogP contribution in [0.2, 0.25) is 0 Å². The molecule has 0 radical (unpaired) electrons. The number of rotatable bonds is 3. The van der Waals surface area contributed by atoms with Crippen LogP contribution in [0.3, 0.4) is 0 Å². The van der Waals surface area contributed by atoms with Crippen molar-refractivity contribution < 1.29 is 18.3 Å². The molecule has 0 amide bonds. The van der Waals surface area contributed by atoms with E-state index in [2.05, 4.69) is 0 Å². The Morgan fingerprint density at radius 1 is 1.42 bits per heavy atom. The molecule has 3 unspecified atom stereocenters. The molecule has 0 aromatic heterocycles. The predicted octanol–water partition coefficient (Wildman–Crippen LogP) is 1.50. The first-order valence-corrected chi connectivity index (χ1v) is 9.63. The van der Waals surface area contributed by atoms with Gasteiger partial charge in [0.2, 0.25) is 10.0 Å². The second kappa shape index (κ2) is 6.45. The number of aliphatic hydroxyl groups is 1. The van der Waals surface area contributed by atoms with Crippen molar-refractivity contribution in [1.82, 2.24) is 4.31 Å². The quantitative estimate of drug-likeness (QED) is 0.892. The molecule has 0 saturated carbocycles. The van der Waals surface area contributed by atoms with Crippen LogP contribution in [-0.4, -0.2) is 49.2 Å². The van der Waals surface area contributed by atoms with Gasteiger partial charge in [-0.1, -0.05) is 12.1 Å². The molecule has 0 bridgehead atoms. The molecule has 2 saturated heterocycles. The van der Waals surface area contributed by atoms with Crippen molar-refractivity contribution in [3.05, 3.63) is 29.8 Å². The van der Waals surface area contributed by atoms with Crippen molar-refractivity contribution in [3.63, 3.8) is 0 Å². The van der Waals surface area contributed by atoms with Gasteiger partial charge >= 0.3 is 0 Å². The summed E-state index contributed by atoms with van der Waals surface area (Å²) in [4.78, 5) is 0.0378. The van der Waals surface area contributed by atoms with Crippen LogP contribution in [-0.2, 0) is 14.8 Å². The average Bonchev–Trinajstić information content (AvgIpc) is 3.04. The molecule has 2 aliphatic rings. The van der Waals surface area contributed by atoms with Crippen molar-refractivity contribution in [2.24, 2.45) is 5.92 Å². The number of hydrogen-bond donors (Lipinski definition) is 1. The maximum absolute atomic E-state index is 13.1.